The van der Waals surface area contributed by atoms with Gasteiger partial charge in [0.25, 0.3) is 0 Å². The van der Waals surface area contributed by atoms with Crippen LogP contribution in [0.15, 0.2) is 24.3 Å². The number of aliphatic carboxylic acids is 1. The van der Waals surface area contributed by atoms with E-state index in [-0.39, 0.29) is 12.2 Å². The van der Waals surface area contributed by atoms with Crippen molar-refractivity contribution in [3.05, 3.63) is 29.8 Å². The fourth-order valence-corrected chi connectivity index (χ4v) is 2.90. The zero-order valence-electron chi connectivity index (χ0n) is 18.9. The topological polar surface area (TPSA) is 234 Å². The first-order valence-electron chi connectivity index (χ1n) is 10.4. The number of hydrogen-bond acceptors (Lipinski definition) is 8. The summed E-state index contributed by atoms with van der Waals surface area (Å²) in [6, 6.07) is 0.507. The van der Waals surface area contributed by atoms with Crippen LogP contribution in [0.5, 0.6) is 5.75 Å². The number of rotatable bonds is 13. The van der Waals surface area contributed by atoms with Gasteiger partial charge in [0.15, 0.2) is 0 Å². The maximum atomic E-state index is 12.7. The van der Waals surface area contributed by atoms with Gasteiger partial charge in [-0.3, -0.25) is 19.2 Å². The van der Waals surface area contributed by atoms with Crippen molar-refractivity contribution in [2.24, 2.45) is 17.4 Å². The maximum Gasteiger partial charge on any atom is 0.326 e. The quantitative estimate of drug-likeness (QED) is 0.146. The van der Waals surface area contributed by atoms with Crippen molar-refractivity contribution < 1.29 is 39.3 Å². The van der Waals surface area contributed by atoms with E-state index in [0.29, 0.717) is 5.56 Å². The van der Waals surface area contributed by atoms with E-state index >= 15 is 0 Å². The third-order valence-corrected chi connectivity index (χ3v) is 4.81. The molecule has 13 heteroatoms. The molecule has 0 radical (unpaired) electrons. The fourth-order valence-electron chi connectivity index (χ4n) is 2.90. The minimum absolute atomic E-state index is 0.0329. The second kappa shape index (κ2) is 13.1. The molecule has 0 aliphatic rings. The first-order chi connectivity index (χ1) is 15.8. The van der Waals surface area contributed by atoms with Gasteiger partial charge in [-0.25, -0.2) is 4.79 Å². The summed E-state index contributed by atoms with van der Waals surface area (Å²) >= 11 is 0. The van der Waals surface area contributed by atoms with E-state index in [1.165, 1.54) is 12.1 Å². The van der Waals surface area contributed by atoms with Gasteiger partial charge in [-0.1, -0.05) is 26.0 Å². The Kier molecular flexibility index (Phi) is 10.9. The second-order valence-electron chi connectivity index (χ2n) is 8.02. The number of amides is 4. The zero-order chi connectivity index (χ0) is 26.0. The molecule has 0 aliphatic carbocycles. The number of aromatic hydroxyl groups is 1. The largest absolute Gasteiger partial charge is 0.508 e. The molecule has 4 amide bonds. The van der Waals surface area contributed by atoms with E-state index in [4.69, 9.17) is 11.5 Å². The van der Waals surface area contributed by atoms with E-state index in [9.17, 15) is 39.3 Å². The molecule has 4 unspecified atom stereocenters. The number of primary amides is 1. The summed E-state index contributed by atoms with van der Waals surface area (Å²) in [6.07, 6.45) is -0.558. The lowest BCUT2D eigenvalue weighted by molar-refractivity contribution is -0.144. The predicted octanol–water partition coefficient (Wildman–Crippen LogP) is -2.68. The monoisotopic (exact) mass is 481 g/mol. The number of carbonyl (C=O) groups is 5. The van der Waals surface area contributed by atoms with Crippen molar-refractivity contribution in [2.45, 2.75) is 50.9 Å². The van der Waals surface area contributed by atoms with Gasteiger partial charge in [0.05, 0.1) is 19.1 Å². The van der Waals surface area contributed by atoms with Crippen LogP contribution in [0.4, 0.5) is 0 Å². The Hall–Kier alpha value is -3.71. The number of carboxylic acid groups (broad SMARTS) is 1. The first-order valence-corrected chi connectivity index (χ1v) is 10.4. The highest BCUT2D eigenvalue weighted by molar-refractivity contribution is 5.96. The maximum absolute atomic E-state index is 12.7. The molecule has 1 aromatic carbocycles. The Morgan fingerprint density at radius 1 is 0.912 bits per heavy atom. The summed E-state index contributed by atoms with van der Waals surface area (Å²) in [7, 11) is 0. The molecule has 0 spiro atoms. The number of phenolic OH excluding ortho intramolecular Hbond substituents is 1. The number of carboxylic acids is 1. The minimum Gasteiger partial charge on any atom is -0.508 e. The molecule has 0 saturated carbocycles. The number of aliphatic hydroxyl groups is 1. The molecule has 13 nitrogen and oxygen atoms in total. The number of nitrogens with one attached hydrogen (secondary N) is 3. The molecule has 0 aliphatic heterocycles. The SMILES string of the molecule is CC(C)C(NC(=O)C(CO)NC(=O)C(CC(N)=O)NC(=O)C(N)Cc1ccc(O)cc1)C(=O)O. The van der Waals surface area contributed by atoms with Gasteiger partial charge in [-0.2, -0.15) is 0 Å². The summed E-state index contributed by atoms with van der Waals surface area (Å²) in [5.74, 6) is -5.43. The Balaban J connectivity index is 2.86. The van der Waals surface area contributed by atoms with Crippen molar-refractivity contribution in [3.63, 3.8) is 0 Å². The van der Waals surface area contributed by atoms with Gasteiger partial charge < -0.3 is 42.7 Å². The number of hydrogen-bond donors (Lipinski definition) is 8. The zero-order valence-corrected chi connectivity index (χ0v) is 18.9. The van der Waals surface area contributed by atoms with Crippen LogP contribution in [0.3, 0.4) is 0 Å². The summed E-state index contributed by atoms with van der Waals surface area (Å²) in [4.78, 5) is 60.2. The first kappa shape index (κ1) is 28.3. The molecular formula is C21H31N5O8. The van der Waals surface area contributed by atoms with Crippen LogP contribution < -0.4 is 27.4 Å². The molecule has 0 aromatic heterocycles. The van der Waals surface area contributed by atoms with E-state index in [0.717, 1.165) is 0 Å². The normalized spacial score (nSPS) is 14.4. The Bertz CT molecular complexity index is 890. The highest BCUT2D eigenvalue weighted by Crippen LogP contribution is 2.11. The Labute approximate surface area is 195 Å². The summed E-state index contributed by atoms with van der Waals surface area (Å²) < 4.78 is 0. The number of nitrogens with two attached hydrogens (primary N) is 2. The average Bonchev–Trinajstić information content (AvgIpc) is 2.75. The molecular weight excluding hydrogens is 450 g/mol. The van der Waals surface area contributed by atoms with E-state index in [2.05, 4.69) is 16.0 Å². The molecule has 0 saturated heterocycles. The Morgan fingerprint density at radius 3 is 1.91 bits per heavy atom. The molecule has 34 heavy (non-hydrogen) atoms. The molecule has 0 heterocycles. The van der Waals surface area contributed by atoms with Crippen molar-refractivity contribution in [3.8, 4) is 5.75 Å². The highest BCUT2D eigenvalue weighted by atomic mass is 16.4. The van der Waals surface area contributed by atoms with Gasteiger partial charge in [-0.05, 0) is 30.0 Å². The van der Waals surface area contributed by atoms with E-state index in [1.54, 1.807) is 26.0 Å². The van der Waals surface area contributed by atoms with E-state index in [1.807, 2.05) is 0 Å². The second-order valence-corrected chi connectivity index (χ2v) is 8.02. The minimum atomic E-state index is -1.55. The number of phenols is 1. The summed E-state index contributed by atoms with van der Waals surface area (Å²) in [5.41, 5.74) is 11.7. The smallest absolute Gasteiger partial charge is 0.326 e. The van der Waals surface area contributed by atoms with Crippen LogP contribution in [0.1, 0.15) is 25.8 Å². The molecule has 1 rings (SSSR count). The van der Waals surface area contributed by atoms with Crippen molar-refractivity contribution >= 4 is 29.6 Å². The highest BCUT2D eigenvalue weighted by Gasteiger charge is 2.31. The third-order valence-electron chi connectivity index (χ3n) is 4.81. The standard InChI is InChI=1S/C21H31N5O8/c1-10(2)17(21(33)34)26-20(32)15(9-27)25-19(31)14(8-16(23)29)24-18(30)13(22)7-11-3-5-12(28)6-4-11/h3-6,10,13-15,17,27-28H,7-9,22H2,1-2H3,(H2,23,29)(H,24,30)(H,25,31)(H,26,32)(H,33,34). The Morgan fingerprint density at radius 2 is 1.44 bits per heavy atom. The van der Waals surface area contributed by atoms with Crippen LogP contribution in [0.25, 0.3) is 0 Å². The lowest BCUT2D eigenvalue weighted by Crippen LogP contribution is -2.59. The number of aliphatic hydroxyl groups excluding tert-OH is 1. The fraction of sp³-hybridized carbons (Fsp3) is 0.476. The summed E-state index contributed by atoms with van der Waals surface area (Å²) in [6.45, 7) is 2.25. The number of carbonyl (C=O) groups excluding carboxylic acids is 4. The molecule has 188 valence electrons. The van der Waals surface area contributed by atoms with Gasteiger partial charge >= 0.3 is 5.97 Å². The van der Waals surface area contributed by atoms with Crippen LogP contribution in [-0.4, -0.2) is 75.7 Å². The van der Waals surface area contributed by atoms with Crippen LogP contribution in [-0.2, 0) is 30.4 Å². The van der Waals surface area contributed by atoms with Crippen LogP contribution in [0, 0.1) is 5.92 Å². The molecule has 4 atom stereocenters. The lowest BCUT2D eigenvalue weighted by atomic mass is 10.0. The van der Waals surface area contributed by atoms with Gasteiger partial charge in [-0.15, -0.1) is 0 Å². The van der Waals surface area contributed by atoms with Gasteiger partial charge in [0.1, 0.15) is 23.9 Å². The van der Waals surface area contributed by atoms with Crippen LogP contribution in [0.2, 0.25) is 0 Å². The lowest BCUT2D eigenvalue weighted by Gasteiger charge is -2.24. The van der Waals surface area contributed by atoms with E-state index < -0.39 is 72.7 Å². The van der Waals surface area contributed by atoms with Crippen LogP contribution >= 0.6 is 0 Å². The average molecular weight is 482 g/mol. The van der Waals surface area contributed by atoms with Gasteiger partial charge in [0.2, 0.25) is 23.6 Å². The van der Waals surface area contributed by atoms with Crippen molar-refractivity contribution in [1.82, 2.24) is 16.0 Å². The molecule has 10 N–H and O–H groups in total. The molecule has 1 aromatic rings. The molecule has 0 fully saturated rings. The number of benzene rings is 1. The van der Waals surface area contributed by atoms with Crippen molar-refractivity contribution in [1.29, 1.82) is 0 Å². The predicted molar refractivity (Wildman–Crippen MR) is 119 cm³/mol. The van der Waals surface area contributed by atoms with Gasteiger partial charge in [0, 0.05) is 0 Å². The molecule has 0 bridgehead atoms. The van der Waals surface area contributed by atoms with Crippen molar-refractivity contribution in [2.75, 3.05) is 6.61 Å². The summed E-state index contributed by atoms with van der Waals surface area (Å²) in [5, 5.41) is 34.7. The third kappa shape index (κ3) is 9.03.